The van der Waals surface area contributed by atoms with Gasteiger partial charge in [0.1, 0.15) is 0 Å². The number of fused-ring (bicyclic) bond motifs is 1. The number of ether oxygens (including phenoxy) is 1. The fourth-order valence-corrected chi connectivity index (χ4v) is 5.25. The molecule has 2 heterocycles. The fourth-order valence-electron chi connectivity index (χ4n) is 4.25. The van der Waals surface area contributed by atoms with Crippen molar-refractivity contribution < 1.29 is 17.9 Å². The number of aryl methyl sites for hydroxylation is 1. The molecule has 8 nitrogen and oxygen atoms in total. The number of sulfonamides is 1. The molecule has 4 rings (SSSR count). The molecule has 2 aromatic carbocycles. The lowest BCUT2D eigenvalue weighted by molar-refractivity contribution is -0.129. The lowest BCUT2D eigenvalue weighted by Crippen LogP contribution is -2.39. The second-order valence-corrected chi connectivity index (χ2v) is 10.5. The number of rotatable bonds is 9. The maximum atomic E-state index is 13.1. The van der Waals surface area contributed by atoms with Crippen LogP contribution >= 0.6 is 0 Å². The quantitative estimate of drug-likeness (QED) is 0.447. The zero-order valence-corrected chi connectivity index (χ0v) is 22.7. The number of nitrogens with zero attached hydrogens (tertiary/aromatic N) is 2. The summed E-state index contributed by atoms with van der Waals surface area (Å²) in [7, 11) is -0.703. The minimum atomic E-state index is -3.88. The van der Waals surface area contributed by atoms with Crippen LogP contribution in [0.4, 0.5) is 5.69 Å². The molecule has 0 atom stereocenters. The number of carbonyl (C=O) groups excluding carboxylic acids is 1. The molecule has 1 fully saturated rings. The Labute approximate surface area is 214 Å². The number of methoxy groups -OCH3 is 1. The van der Waals surface area contributed by atoms with Crippen molar-refractivity contribution in [2.45, 2.75) is 38.5 Å². The molecule has 1 aromatic heterocycles. The fraction of sp³-hybridized carbons (Fsp3) is 0.444. The Bertz CT molecular complexity index is 1280. The van der Waals surface area contributed by atoms with E-state index in [0.717, 1.165) is 59.3 Å². The third-order valence-electron chi connectivity index (χ3n) is 6.26. The molecular weight excluding hydrogens is 476 g/mol. The van der Waals surface area contributed by atoms with Crippen molar-refractivity contribution in [1.29, 1.82) is 0 Å². The van der Waals surface area contributed by atoms with Crippen LogP contribution in [0.25, 0.3) is 22.2 Å². The van der Waals surface area contributed by atoms with Crippen LogP contribution in [0.3, 0.4) is 0 Å². The first-order chi connectivity index (χ1) is 17.3. The minimum Gasteiger partial charge on any atom is -0.383 e. The van der Waals surface area contributed by atoms with Gasteiger partial charge in [-0.2, -0.15) is 0 Å². The van der Waals surface area contributed by atoms with Crippen molar-refractivity contribution >= 4 is 32.5 Å². The third kappa shape index (κ3) is 6.46. The van der Waals surface area contributed by atoms with Gasteiger partial charge in [-0.25, -0.2) is 13.1 Å². The molecule has 1 aliphatic rings. The lowest BCUT2D eigenvalue weighted by Gasteiger charge is -2.22. The third-order valence-corrected chi connectivity index (χ3v) is 7.66. The Balaban J connectivity index is 0.00000176. The van der Waals surface area contributed by atoms with E-state index in [1.807, 2.05) is 26.8 Å². The van der Waals surface area contributed by atoms with Crippen molar-refractivity contribution in [3.8, 4) is 11.3 Å². The van der Waals surface area contributed by atoms with Crippen molar-refractivity contribution in [1.82, 2.24) is 14.6 Å². The second-order valence-electron chi connectivity index (χ2n) is 8.78. The van der Waals surface area contributed by atoms with Gasteiger partial charge in [0.2, 0.25) is 15.9 Å². The molecule has 0 unspecified atom stereocenters. The van der Waals surface area contributed by atoms with Gasteiger partial charge < -0.3 is 19.5 Å². The summed E-state index contributed by atoms with van der Waals surface area (Å²) in [4.78, 5) is 19.6. The summed E-state index contributed by atoms with van der Waals surface area (Å²) in [5.74, 6) is -0.319. The number of carbonyl (C=O) groups is 1. The van der Waals surface area contributed by atoms with Crippen molar-refractivity contribution in [2.75, 3.05) is 51.8 Å². The van der Waals surface area contributed by atoms with Gasteiger partial charge in [0.25, 0.3) is 0 Å². The van der Waals surface area contributed by atoms with E-state index in [4.69, 9.17) is 4.74 Å². The van der Waals surface area contributed by atoms with E-state index in [2.05, 4.69) is 38.9 Å². The topological polar surface area (TPSA) is 94.7 Å². The van der Waals surface area contributed by atoms with Gasteiger partial charge in [0.15, 0.2) is 0 Å². The van der Waals surface area contributed by atoms with E-state index in [-0.39, 0.29) is 17.3 Å². The van der Waals surface area contributed by atoms with Crippen LogP contribution < -0.4 is 9.62 Å². The van der Waals surface area contributed by atoms with Crippen LogP contribution in [-0.2, 0) is 19.6 Å². The number of hydrogen-bond acceptors (Lipinski definition) is 5. The highest BCUT2D eigenvalue weighted by molar-refractivity contribution is 7.89. The number of amides is 1. The SMILES string of the molecule is CC.COCCN(C)C(=O)CNS(=O)(=O)c1ccc(N2CCCC2)c(-c2cc3ccc(C)cc3[nH]2)c1. The Morgan fingerprint density at radius 2 is 1.83 bits per heavy atom. The van der Waals surface area contributed by atoms with Crippen LogP contribution in [0, 0.1) is 6.92 Å². The number of hydrogen-bond donors (Lipinski definition) is 2. The number of H-pyrrole nitrogens is 1. The summed E-state index contributed by atoms with van der Waals surface area (Å²) >= 11 is 0. The summed E-state index contributed by atoms with van der Waals surface area (Å²) in [5, 5.41) is 1.07. The van der Waals surface area contributed by atoms with E-state index in [1.54, 1.807) is 26.3 Å². The number of benzene rings is 2. The van der Waals surface area contributed by atoms with E-state index < -0.39 is 10.0 Å². The summed E-state index contributed by atoms with van der Waals surface area (Å²) in [6, 6.07) is 13.5. The number of nitrogens with one attached hydrogen (secondary N) is 2. The molecule has 1 saturated heterocycles. The average molecular weight is 515 g/mol. The molecule has 196 valence electrons. The standard InChI is InChI=1S/C25H32N4O4S.C2H6/c1-18-6-7-19-15-23(27-22(19)14-18)21-16-20(8-9-24(21)29-10-4-5-11-29)34(31,32)26-17-25(30)28(2)12-13-33-3;1-2/h6-9,14-16,26-27H,4-5,10-13,17H2,1-3H3;1-2H3. The second kappa shape index (κ2) is 12.4. The smallest absolute Gasteiger partial charge is 0.241 e. The number of anilines is 1. The Kier molecular flexibility index (Phi) is 9.53. The first kappa shape index (κ1) is 27.7. The minimum absolute atomic E-state index is 0.132. The van der Waals surface area contributed by atoms with Crippen LogP contribution in [0.5, 0.6) is 0 Å². The molecule has 1 amide bonds. The van der Waals surface area contributed by atoms with Crippen LogP contribution in [0.15, 0.2) is 47.4 Å². The predicted molar refractivity (Wildman–Crippen MR) is 146 cm³/mol. The Hall–Kier alpha value is -2.88. The zero-order chi connectivity index (χ0) is 26.3. The summed E-state index contributed by atoms with van der Waals surface area (Å²) in [5.41, 5.74) is 4.88. The molecular formula is C27H38N4O4S. The first-order valence-corrected chi connectivity index (χ1v) is 14.0. The van der Waals surface area contributed by atoms with Crippen LogP contribution in [-0.4, -0.2) is 71.2 Å². The van der Waals surface area contributed by atoms with E-state index in [1.165, 1.54) is 4.90 Å². The molecule has 0 spiro atoms. The Morgan fingerprint density at radius 3 is 2.53 bits per heavy atom. The van der Waals surface area contributed by atoms with E-state index >= 15 is 0 Å². The van der Waals surface area contributed by atoms with Gasteiger partial charge in [-0.15, -0.1) is 0 Å². The molecule has 2 N–H and O–H groups in total. The molecule has 3 aromatic rings. The largest absolute Gasteiger partial charge is 0.383 e. The average Bonchev–Trinajstić information content (AvgIpc) is 3.56. The highest BCUT2D eigenvalue weighted by atomic mass is 32.2. The molecule has 0 saturated carbocycles. The number of likely N-dealkylation sites (N-methyl/N-ethyl adjacent to an activating group) is 1. The normalized spacial score (nSPS) is 13.5. The highest BCUT2D eigenvalue weighted by Crippen LogP contribution is 2.36. The number of aromatic nitrogens is 1. The van der Waals surface area contributed by atoms with Gasteiger partial charge in [-0.1, -0.05) is 26.0 Å². The monoisotopic (exact) mass is 514 g/mol. The van der Waals surface area contributed by atoms with Gasteiger partial charge in [0, 0.05) is 61.6 Å². The number of aromatic amines is 1. The predicted octanol–water partition coefficient (Wildman–Crippen LogP) is 4.15. The van der Waals surface area contributed by atoms with Crippen molar-refractivity contribution in [3.05, 3.63) is 48.0 Å². The Morgan fingerprint density at radius 1 is 1.11 bits per heavy atom. The summed E-state index contributed by atoms with van der Waals surface area (Å²) < 4.78 is 33.6. The maximum Gasteiger partial charge on any atom is 0.241 e. The summed E-state index contributed by atoms with van der Waals surface area (Å²) in [6.07, 6.45) is 2.23. The maximum absolute atomic E-state index is 13.1. The zero-order valence-electron chi connectivity index (χ0n) is 21.9. The van der Waals surface area contributed by atoms with Crippen molar-refractivity contribution in [2.24, 2.45) is 0 Å². The van der Waals surface area contributed by atoms with Gasteiger partial charge in [0.05, 0.1) is 18.0 Å². The van der Waals surface area contributed by atoms with Gasteiger partial charge >= 0.3 is 0 Å². The lowest BCUT2D eigenvalue weighted by atomic mass is 10.1. The van der Waals surface area contributed by atoms with Crippen molar-refractivity contribution in [3.63, 3.8) is 0 Å². The van der Waals surface area contributed by atoms with E-state index in [9.17, 15) is 13.2 Å². The first-order valence-electron chi connectivity index (χ1n) is 12.5. The van der Waals surface area contributed by atoms with Gasteiger partial charge in [-0.05, 0) is 55.7 Å². The molecule has 0 bridgehead atoms. The van der Waals surface area contributed by atoms with Crippen LogP contribution in [0.1, 0.15) is 32.3 Å². The molecule has 1 aliphatic heterocycles. The molecule has 0 radical (unpaired) electrons. The summed E-state index contributed by atoms with van der Waals surface area (Å²) in [6.45, 7) is 8.41. The molecule has 9 heteroatoms. The van der Waals surface area contributed by atoms with E-state index in [0.29, 0.717) is 13.2 Å². The van der Waals surface area contributed by atoms with Gasteiger partial charge in [-0.3, -0.25) is 4.79 Å². The molecule has 0 aliphatic carbocycles. The highest BCUT2D eigenvalue weighted by Gasteiger charge is 2.23. The van der Waals surface area contributed by atoms with Crippen LogP contribution in [0.2, 0.25) is 0 Å². The molecule has 36 heavy (non-hydrogen) atoms.